The van der Waals surface area contributed by atoms with Crippen LogP contribution in [0.25, 0.3) is 10.8 Å². The highest BCUT2D eigenvalue weighted by molar-refractivity contribution is 7.99. The standard InChI is InChI=1S/C13H9ClN4S/c1-8-6-15-13(16-7-8)19-12-10-5-3-2-4-9(10)11(14)17-18-12/h2-7H,1H3. The van der Waals surface area contributed by atoms with Crippen molar-refractivity contribution in [2.75, 3.05) is 0 Å². The van der Waals surface area contributed by atoms with Gasteiger partial charge in [0.1, 0.15) is 5.03 Å². The van der Waals surface area contributed by atoms with Crippen molar-refractivity contribution >= 4 is 34.1 Å². The van der Waals surface area contributed by atoms with Crippen molar-refractivity contribution in [2.45, 2.75) is 17.1 Å². The van der Waals surface area contributed by atoms with E-state index < -0.39 is 0 Å². The van der Waals surface area contributed by atoms with Gasteiger partial charge in [-0.3, -0.25) is 0 Å². The molecule has 94 valence electrons. The van der Waals surface area contributed by atoms with Crippen LogP contribution in [0, 0.1) is 6.92 Å². The lowest BCUT2D eigenvalue weighted by atomic mass is 10.2. The van der Waals surface area contributed by atoms with Crippen molar-refractivity contribution in [2.24, 2.45) is 0 Å². The van der Waals surface area contributed by atoms with Crippen LogP contribution in [0.5, 0.6) is 0 Å². The van der Waals surface area contributed by atoms with E-state index in [2.05, 4.69) is 20.2 Å². The summed E-state index contributed by atoms with van der Waals surface area (Å²) in [6.45, 7) is 1.95. The first kappa shape index (κ1) is 12.3. The number of halogens is 1. The molecule has 0 N–H and O–H groups in total. The molecule has 4 nitrogen and oxygen atoms in total. The predicted molar refractivity (Wildman–Crippen MR) is 75.4 cm³/mol. The monoisotopic (exact) mass is 288 g/mol. The summed E-state index contributed by atoms with van der Waals surface area (Å²) in [5.41, 5.74) is 1.02. The van der Waals surface area contributed by atoms with E-state index in [4.69, 9.17) is 11.6 Å². The van der Waals surface area contributed by atoms with E-state index >= 15 is 0 Å². The smallest absolute Gasteiger partial charge is 0.193 e. The number of nitrogens with zero attached hydrogens (tertiary/aromatic N) is 4. The maximum atomic E-state index is 6.04. The third kappa shape index (κ3) is 2.52. The molecule has 0 atom stereocenters. The Morgan fingerprint density at radius 1 is 1.00 bits per heavy atom. The minimum atomic E-state index is 0.407. The molecule has 0 saturated heterocycles. The molecular weight excluding hydrogens is 280 g/mol. The molecule has 0 bridgehead atoms. The van der Waals surface area contributed by atoms with Gasteiger partial charge in [0.2, 0.25) is 0 Å². The molecule has 0 fully saturated rings. The van der Waals surface area contributed by atoms with E-state index in [9.17, 15) is 0 Å². The number of fused-ring (bicyclic) bond motifs is 1. The third-order valence-corrected chi connectivity index (χ3v) is 3.72. The van der Waals surface area contributed by atoms with Gasteiger partial charge in [0.05, 0.1) is 0 Å². The molecule has 2 heterocycles. The number of aromatic nitrogens is 4. The topological polar surface area (TPSA) is 51.6 Å². The lowest BCUT2D eigenvalue weighted by molar-refractivity contribution is 0.923. The number of hydrogen-bond acceptors (Lipinski definition) is 5. The normalized spacial score (nSPS) is 10.8. The largest absolute Gasteiger partial charge is 0.231 e. The highest BCUT2D eigenvalue weighted by Crippen LogP contribution is 2.31. The summed E-state index contributed by atoms with van der Waals surface area (Å²) in [5.74, 6) is 0. The molecule has 6 heteroatoms. The summed E-state index contributed by atoms with van der Waals surface area (Å²) in [5, 5.41) is 11.7. The van der Waals surface area contributed by atoms with Gasteiger partial charge < -0.3 is 0 Å². The van der Waals surface area contributed by atoms with Gasteiger partial charge in [-0.1, -0.05) is 35.9 Å². The number of benzene rings is 1. The summed E-state index contributed by atoms with van der Waals surface area (Å²) < 4.78 is 0. The van der Waals surface area contributed by atoms with Crippen LogP contribution in [0.1, 0.15) is 5.56 Å². The number of rotatable bonds is 2. The minimum Gasteiger partial charge on any atom is -0.231 e. The van der Waals surface area contributed by atoms with E-state index in [1.807, 2.05) is 31.2 Å². The quantitative estimate of drug-likeness (QED) is 0.675. The first-order valence-electron chi connectivity index (χ1n) is 5.61. The van der Waals surface area contributed by atoms with E-state index in [0.717, 1.165) is 21.4 Å². The number of hydrogen-bond donors (Lipinski definition) is 0. The molecular formula is C13H9ClN4S. The zero-order valence-corrected chi connectivity index (χ0v) is 11.6. The SMILES string of the molecule is Cc1cnc(Sc2nnc(Cl)c3ccccc23)nc1. The van der Waals surface area contributed by atoms with Crippen LogP contribution in [0.2, 0.25) is 5.15 Å². The Kier molecular flexibility index (Phi) is 3.31. The van der Waals surface area contributed by atoms with Crippen LogP contribution >= 0.6 is 23.4 Å². The second kappa shape index (κ2) is 5.11. The fourth-order valence-corrected chi connectivity index (χ4v) is 2.60. The summed E-state index contributed by atoms with van der Waals surface area (Å²) in [6, 6.07) is 7.76. The Hall–Kier alpha value is -1.72. The van der Waals surface area contributed by atoms with Crippen molar-refractivity contribution < 1.29 is 0 Å². The average molecular weight is 289 g/mol. The van der Waals surface area contributed by atoms with Crippen molar-refractivity contribution in [3.63, 3.8) is 0 Å². The van der Waals surface area contributed by atoms with Gasteiger partial charge in [0, 0.05) is 23.2 Å². The van der Waals surface area contributed by atoms with Gasteiger partial charge in [0.25, 0.3) is 0 Å². The lowest BCUT2D eigenvalue weighted by Crippen LogP contribution is -1.92. The first-order valence-corrected chi connectivity index (χ1v) is 6.81. The van der Waals surface area contributed by atoms with E-state index in [1.165, 1.54) is 11.8 Å². The van der Waals surface area contributed by atoms with Gasteiger partial charge in [-0.25, -0.2) is 9.97 Å². The molecule has 0 unspecified atom stereocenters. The van der Waals surface area contributed by atoms with Gasteiger partial charge in [-0.15, -0.1) is 10.2 Å². The van der Waals surface area contributed by atoms with Crippen LogP contribution in [0.4, 0.5) is 0 Å². The van der Waals surface area contributed by atoms with Gasteiger partial charge >= 0.3 is 0 Å². The molecule has 0 aliphatic rings. The highest BCUT2D eigenvalue weighted by atomic mass is 35.5. The van der Waals surface area contributed by atoms with E-state index in [0.29, 0.717) is 10.3 Å². The molecule has 0 amide bonds. The van der Waals surface area contributed by atoms with Crippen molar-refractivity contribution in [1.29, 1.82) is 0 Å². The molecule has 1 aromatic carbocycles. The fourth-order valence-electron chi connectivity index (χ4n) is 1.64. The zero-order valence-electron chi connectivity index (χ0n) is 10.0. The van der Waals surface area contributed by atoms with Crippen molar-refractivity contribution in [1.82, 2.24) is 20.2 Å². The molecule has 2 aromatic heterocycles. The Morgan fingerprint density at radius 3 is 2.42 bits per heavy atom. The molecule has 0 saturated carbocycles. The van der Waals surface area contributed by atoms with Crippen molar-refractivity contribution in [3.8, 4) is 0 Å². The summed E-state index contributed by atoms with van der Waals surface area (Å²) in [6.07, 6.45) is 3.56. The van der Waals surface area contributed by atoms with Crippen LogP contribution in [-0.2, 0) is 0 Å². The van der Waals surface area contributed by atoms with Crippen LogP contribution in [0.15, 0.2) is 46.8 Å². The number of aryl methyl sites for hydroxylation is 1. The van der Waals surface area contributed by atoms with Gasteiger partial charge in [0.15, 0.2) is 10.3 Å². The first-order chi connectivity index (χ1) is 9.24. The molecule has 0 aliphatic heterocycles. The molecule has 19 heavy (non-hydrogen) atoms. The lowest BCUT2D eigenvalue weighted by Gasteiger charge is -2.04. The second-order valence-electron chi connectivity index (χ2n) is 3.99. The zero-order chi connectivity index (χ0) is 13.2. The van der Waals surface area contributed by atoms with Crippen LogP contribution in [0.3, 0.4) is 0 Å². The maximum absolute atomic E-state index is 6.04. The van der Waals surface area contributed by atoms with Gasteiger partial charge in [-0.05, 0) is 24.2 Å². The summed E-state index contributed by atoms with van der Waals surface area (Å²) >= 11 is 7.42. The Balaban J connectivity index is 2.06. The molecule has 3 aromatic rings. The van der Waals surface area contributed by atoms with Crippen LogP contribution in [-0.4, -0.2) is 20.2 Å². The maximum Gasteiger partial charge on any atom is 0.193 e. The Morgan fingerprint density at radius 2 is 1.68 bits per heavy atom. The molecule has 0 aliphatic carbocycles. The molecule has 3 rings (SSSR count). The van der Waals surface area contributed by atoms with Gasteiger partial charge in [-0.2, -0.15) is 0 Å². The third-order valence-electron chi connectivity index (χ3n) is 2.55. The Labute approximate surface area is 119 Å². The minimum absolute atomic E-state index is 0.407. The molecule has 0 radical (unpaired) electrons. The summed E-state index contributed by atoms with van der Waals surface area (Å²) in [4.78, 5) is 8.51. The summed E-state index contributed by atoms with van der Waals surface area (Å²) in [7, 11) is 0. The predicted octanol–water partition coefficient (Wildman–Crippen LogP) is 3.53. The van der Waals surface area contributed by atoms with Crippen LogP contribution < -0.4 is 0 Å². The Bertz CT molecular complexity index is 730. The molecule has 0 spiro atoms. The van der Waals surface area contributed by atoms with Crippen molar-refractivity contribution in [3.05, 3.63) is 47.4 Å². The van der Waals surface area contributed by atoms with E-state index in [1.54, 1.807) is 12.4 Å². The highest BCUT2D eigenvalue weighted by Gasteiger charge is 2.10. The van der Waals surface area contributed by atoms with E-state index in [-0.39, 0.29) is 0 Å². The second-order valence-corrected chi connectivity index (χ2v) is 5.30. The average Bonchev–Trinajstić information content (AvgIpc) is 2.45. The fraction of sp³-hybridized carbons (Fsp3) is 0.0769.